The van der Waals surface area contributed by atoms with Crippen molar-refractivity contribution in [1.29, 1.82) is 5.26 Å². The summed E-state index contributed by atoms with van der Waals surface area (Å²) in [6.45, 7) is 5.90. The highest BCUT2D eigenvalue weighted by molar-refractivity contribution is 5.95. The quantitative estimate of drug-likeness (QED) is 0.712. The number of amides is 1. The number of imidazole rings is 1. The molecule has 0 aliphatic carbocycles. The number of carbonyl (C=O) groups excluding carboxylic acids is 1. The Labute approximate surface area is 176 Å². The van der Waals surface area contributed by atoms with E-state index in [-0.39, 0.29) is 11.9 Å². The van der Waals surface area contributed by atoms with Crippen LogP contribution in [-0.4, -0.2) is 40.4 Å². The molecule has 0 radical (unpaired) electrons. The summed E-state index contributed by atoms with van der Waals surface area (Å²) < 4.78 is 0. The first kappa shape index (κ1) is 19.9. The SMILES string of the molecule is Cc1cc(C)cc(N2CCN(C(Cc3ccc(C#N)cc3)c3cnc[nH]3)CC2=O)c1. The maximum Gasteiger partial charge on any atom is 0.241 e. The number of nitrogens with zero attached hydrogens (tertiary/aromatic N) is 4. The largest absolute Gasteiger partial charge is 0.347 e. The van der Waals surface area contributed by atoms with Gasteiger partial charge in [0.15, 0.2) is 0 Å². The van der Waals surface area contributed by atoms with E-state index in [1.165, 1.54) is 0 Å². The Hall–Kier alpha value is -3.43. The minimum atomic E-state index is 0.0192. The number of nitrogens with one attached hydrogen (secondary N) is 1. The van der Waals surface area contributed by atoms with Crippen LogP contribution in [0.25, 0.3) is 0 Å². The number of rotatable bonds is 5. The van der Waals surface area contributed by atoms with Crippen LogP contribution in [0.5, 0.6) is 0 Å². The van der Waals surface area contributed by atoms with E-state index < -0.39 is 0 Å². The molecule has 1 fully saturated rings. The predicted molar refractivity (Wildman–Crippen MR) is 116 cm³/mol. The number of aromatic nitrogens is 2. The molecule has 2 heterocycles. The molecule has 0 saturated carbocycles. The van der Waals surface area contributed by atoms with Gasteiger partial charge in [0.25, 0.3) is 0 Å². The number of benzene rings is 2. The second-order valence-corrected chi connectivity index (χ2v) is 7.90. The van der Waals surface area contributed by atoms with Gasteiger partial charge in [0.1, 0.15) is 0 Å². The maximum atomic E-state index is 13.1. The van der Waals surface area contributed by atoms with E-state index in [9.17, 15) is 4.79 Å². The first-order valence-corrected chi connectivity index (χ1v) is 10.1. The maximum absolute atomic E-state index is 13.1. The highest BCUT2D eigenvalue weighted by atomic mass is 16.2. The van der Waals surface area contributed by atoms with Crippen LogP contribution in [0.3, 0.4) is 0 Å². The van der Waals surface area contributed by atoms with Crippen LogP contribution in [0, 0.1) is 25.2 Å². The van der Waals surface area contributed by atoms with E-state index >= 15 is 0 Å². The molecular formula is C24H25N5O. The van der Waals surface area contributed by atoms with Crippen LogP contribution in [0.2, 0.25) is 0 Å². The van der Waals surface area contributed by atoms with Crippen LogP contribution < -0.4 is 4.90 Å². The van der Waals surface area contributed by atoms with Gasteiger partial charge in [-0.05, 0) is 61.2 Å². The molecule has 1 aromatic heterocycles. The number of carbonyl (C=O) groups is 1. The third-order valence-corrected chi connectivity index (χ3v) is 5.60. The lowest BCUT2D eigenvalue weighted by molar-refractivity contribution is -0.122. The highest BCUT2D eigenvalue weighted by Crippen LogP contribution is 2.28. The van der Waals surface area contributed by atoms with Gasteiger partial charge in [-0.3, -0.25) is 9.69 Å². The third kappa shape index (κ3) is 4.27. The molecule has 30 heavy (non-hydrogen) atoms. The van der Waals surface area contributed by atoms with Crippen molar-refractivity contribution in [2.45, 2.75) is 26.3 Å². The van der Waals surface area contributed by atoms with Crippen LogP contribution in [0.15, 0.2) is 55.0 Å². The fourth-order valence-corrected chi connectivity index (χ4v) is 4.16. The fraction of sp³-hybridized carbons (Fsp3) is 0.292. The van der Waals surface area contributed by atoms with Crippen molar-refractivity contribution in [3.05, 3.63) is 82.9 Å². The summed E-state index contributed by atoms with van der Waals surface area (Å²) in [6.07, 6.45) is 4.24. The van der Waals surface area contributed by atoms with Crippen molar-refractivity contribution in [3.63, 3.8) is 0 Å². The number of hydrogen-bond acceptors (Lipinski definition) is 4. The Morgan fingerprint density at radius 3 is 2.47 bits per heavy atom. The molecule has 1 N–H and O–H groups in total. The fourth-order valence-electron chi connectivity index (χ4n) is 4.16. The van der Waals surface area contributed by atoms with E-state index in [2.05, 4.69) is 53.0 Å². The lowest BCUT2D eigenvalue weighted by atomic mass is 10.00. The van der Waals surface area contributed by atoms with Gasteiger partial charge < -0.3 is 9.88 Å². The number of nitriles is 1. The molecule has 1 aliphatic rings. The lowest BCUT2D eigenvalue weighted by Crippen LogP contribution is -2.52. The monoisotopic (exact) mass is 399 g/mol. The van der Waals surface area contributed by atoms with Crippen molar-refractivity contribution in [2.24, 2.45) is 0 Å². The summed E-state index contributed by atoms with van der Waals surface area (Å²) in [4.78, 5) is 24.6. The molecule has 1 aliphatic heterocycles. The van der Waals surface area contributed by atoms with Crippen molar-refractivity contribution >= 4 is 11.6 Å². The van der Waals surface area contributed by atoms with Crippen molar-refractivity contribution < 1.29 is 4.79 Å². The smallest absolute Gasteiger partial charge is 0.241 e. The molecule has 1 saturated heterocycles. The molecule has 0 spiro atoms. The Morgan fingerprint density at radius 2 is 1.87 bits per heavy atom. The molecule has 3 aromatic rings. The molecule has 0 bridgehead atoms. The van der Waals surface area contributed by atoms with Gasteiger partial charge in [-0.1, -0.05) is 18.2 Å². The van der Waals surface area contributed by atoms with Crippen molar-refractivity contribution in [1.82, 2.24) is 14.9 Å². The molecule has 1 unspecified atom stereocenters. The Kier molecular flexibility index (Phi) is 5.64. The van der Waals surface area contributed by atoms with E-state index in [4.69, 9.17) is 5.26 Å². The van der Waals surface area contributed by atoms with Crippen LogP contribution >= 0.6 is 0 Å². The molecular weight excluding hydrogens is 374 g/mol. The zero-order valence-corrected chi connectivity index (χ0v) is 17.3. The Bertz CT molecular complexity index is 1050. The molecule has 1 atom stereocenters. The van der Waals surface area contributed by atoms with Crippen LogP contribution in [-0.2, 0) is 11.2 Å². The number of anilines is 1. The normalized spacial score (nSPS) is 15.8. The molecule has 6 heteroatoms. The average Bonchev–Trinajstić information content (AvgIpc) is 3.26. The summed E-state index contributed by atoms with van der Waals surface area (Å²) >= 11 is 0. The standard InChI is InChI=1S/C24H25N5O/c1-17-9-18(2)11-21(10-17)29-8-7-28(15-24(29)30)23(22-14-26-16-27-22)12-19-3-5-20(13-25)6-4-19/h3-6,9-11,14,16,23H,7-8,12,15H2,1-2H3,(H,26,27). The second kappa shape index (κ2) is 8.52. The summed E-state index contributed by atoms with van der Waals surface area (Å²) in [5, 5.41) is 9.03. The van der Waals surface area contributed by atoms with E-state index in [1.807, 2.05) is 35.4 Å². The summed E-state index contributed by atoms with van der Waals surface area (Å²) in [6, 6.07) is 16.1. The zero-order valence-electron chi connectivity index (χ0n) is 17.3. The van der Waals surface area contributed by atoms with Gasteiger partial charge in [0.2, 0.25) is 5.91 Å². The number of hydrogen-bond donors (Lipinski definition) is 1. The summed E-state index contributed by atoms with van der Waals surface area (Å²) in [5.74, 6) is 0.107. The first-order chi connectivity index (χ1) is 14.5. The number of piperazine rings is 1. The minimum absolute atomic E-state index is 0.0192. The first-order valence-electron chi connectivity index (χ1n) is 10.1. The molecule has 4 rings (SSSR count). The van der Waals surface area contributed by atoms with Crippen LogP contribution in [0.4, 0.5) is 5.69 Å². The van der Waals surface area contributed by atoms with E-state index in [0.717, 1.165) is 41.0 Å². The van der Waals surface area contributed by atoms with Crippen LogP contribution in [0.1, 0.15) is 34.0 Å². The average molecular weight is 399 g/mol. The molecule has 152 valence electrons. The minimum Gasteiger partial charge on any atom is -0.347 e. The number of aryl methyl sites for hydroxylation is 2. The van der Waals surface area contributed by atoms with Gasteiger partial charge in [0, 0.05) is 25.0 Å². The summed E-state index contributed by atoms with van der Waals surface area (Å²) in [7, 11) is 0. The highest BCUT2D eigenvalue weighted by Gasteiger charge is 2.31. The van der Waals surface area contributed by atoms with Gasteiger partial charge >= 0.3 is 0 Å². The van der Waals surface area contributed by atoms with E-state index in [1.54, 1.807) is 6.33 Å². The third-order valence-electron chi connectivity index (χ3n) is 5.60. The Morgan fingerprint density at radius 1 is 1.13 bits per heavy atom. The molecule has 6 nitrogen and oxygen atoms in total. The van der Waals surface area contributed by atoms with Crippen molar-refractivity contribution in [2.75, 3.05) is 24.5 Å². The predicted octanol–water partition coefficient (Wildman–Crippen LogP) is 3.53. The van der Waals surface area contributed by atoms with Gasteiger partial charge in [0.05, 0.1) is 36.2 Å². The Balaban J connectivity index is 1.54. The second-order valence-electron chi connectivity index (χ2n) is 7.90. The van der Waals surface area contributed by atoms with Gasteiger partial charge in [-0.25, -0.2) is 4.98 Å². The number of H-pyrrole nitrogens is 1. The topological polar surface area (TPSA) is 76.0 Å². The van der Waals surface area contributed by atoms with Gasteiger partial charge in [-0.2, -0.15) is 5.26 Å². The molecule has 2 aromatic carbocycles. The van der Waals surface area contributed by atoms with Crippen molar-refractivity contribution in [3.8, 4) is 6.07 Å². The van der Waals surface area contributed by atoms with E-state index in [0.29, 0.717) is 18.7 Å². The number of aromatic amines is 1. The lowest BCUT2D eigenvalue weighted by Gasteiger charge is -2.38. The zero-order chi connectivity index (χ0) is 21.1. The summed E-state index contributed by atoms with van der Waals surface area (Å²) in [5.41, 5.74) is 6.06. The molecule has 1 amide bonds. The van der Waals surface area contributed by atoms with Gasteiger partial charge in [-0.15, -0.1) is 0 Å².